The van der Waals surface area contributed by atoms with Gasteiger partial charge in [-0.15, -0.1) is 0 Å². The number of nitrogens with zero attached hydrogens (tertiary/aromatic N) is 2. The monoisotopic (exact) mass is 330 g/mol. The highest BCUT2D eigenvalue weighted by molar-refractivity contribution is 5.79. The summed E-state index contributed by atoms with van der Waals surface area (Å²) in [6, 6.07) is 21.7. The van der Waals surface area contributed by atoms with Crippen LogP contribution in [0.4, 0.5) is 0 Å². The van der Waals surface area contributed by atoms with Crippen molar-refractivity contribution < 1.29 is 0 Å². The summed E-state index contributed by atoms with van der Waals surface area (Å²) in [5.74, 6) is 0. The van der Waals surface area contributed by atoms with E-state index in [9.17, 15) is 0 Å². The lowest BCUT2D eigenvalue weighted by molar-refractivity contribution is 0.207. The number of hydrogen-bond acceptors (Lipinski definition) is 1. The van der Waals surface area contributed by atoms with E-state index in [1.54, 1.807) is 5.57 Å². The first-order chi connectivity index (χ1) is 12.4. The Morgan fingerprint density at radius 2 is 1.60 bits per heavy atom. The zero-order valence-electron chi connectivity index (χ0n) is 14.8. The lowest BCUT2D eigenvalue weighted by Crippen LogP contribution is -2.32. The number of aromatic nitrogens is 1. The highest BCUT2D eigenvalue weighted by Crippen LogP contribution is 2.20. The molecule has 4 rings (SSSR count). The van der Waals surface area contributed by atoms with Crippen LogP contribution in [-0.2, 0) is 13.1 Å². The second kappa shape index (κ2) is 7.71. The van der Waals surface area contributed by atoms with Crippen LogP contribution in [0.1, 0.15) is 24.8 Å². The van der Waals surface area contributed by atoms with Gasteiger partial charge in [-0.05, 0) is 48.8 Å². The zero-order chi connectivity index (χ0) is 16.9. The molecular weight excluding hydrogens is 304 g/mol. The highest BCUT2D eigenvalue weighted by Gasteiger charge is 2.14. The Morgan fingerprint density at radius 3 is 2.44 bits per heavy atom. The van der Waals surface area contributed by atoms with Gasteiger partial charge < -0.3 is 4.57 Å². The van der Waals surface area contributed by atoms with Crippen LogP contribution in [0.5, 0.6) is 0 Å². The molecule has 1 aliphatic rings. The molecule has 2 heteroatoms. The fraction of sp³-hybridized carbons (Fsp3) is 0.304. The Labute approximate surface area is 150 Å². The summed E-state index contributed by atoms with van der Waals surface area (Å²) in [4.78, 5) is 2.57. The van der Waals surface area contributed by atoms with Gasteiger partial charge in [-0.3, -0.25) is 4.90 Å². The molecule has 0 unspecified atom stereocenters. The van der Waals surface area contributed by atoms with Gasteiger partial charge in [0.1, 0.15) is 0 Å². The third-order valence-corrected chi connectivity index (χ3v) is 5.24. The second-order valence-electron chi connectivity index (χ2n) is 6.99. The molecule has 1 saturated heterocycles. The molecule has 1 aromatic heterocycles. The van der Waals surface area contributed by atoms with Crippen molar-refractivity contribution >= 4 is 10.9 Å². The van der Waals surface area contributed by atoms with Crippen molar-refractivity contribution in [3.63, 3.8) is 0 Å². The Kier molecular flexibility index (Phi) is 4.98. The van der Waals surface area contributed by atoms with Crippen molar-refractivity contribution in [2.75, 3.05) is 13.1 Å². The number of para-hydroxylation sites is 1. The topological polar surface area (TPSA) is 8.17 Å². The minimum absolute atomic E-state index is 1.00. The summed E-state index contributed by atoms with van der Waals surface area (Å²) in [6.45, 7) is 3.35. The fourth-order valence-corrected chi connectivity index (χ4v) is 3.75. The van der Waals surface area contributed by atoms with Gasteiger partial charge in [0, 0.05) is 24.8 Å². The van der Waals surface area contributed by atoms with E-state index < -0.39 is 0 Å². The molecule has 0 amide bonds. The first-order valence-electron chi connectivity index (χ1n) is 9.36. The maximum atomic E-state index is 2.57. The molecule has 3 aromatic rings. The Balaban J connectivity index is 1.29. The van der Waals surface area contributed by atoms with E-state index in [0.717, 1.165) is 13.1 Å². The number of rotatable bonds is 5. The maximum Gasteiger partial charge on any atom is 0.0751 e. The molecule has 1 fully saturated rings. The number of likely N-dealkylation sites (tertiary alicyclic amines) is 1. The summed E-state index contributed by atoms with van der Waals surface area (Å²) in [6.07, 6.45) is 9.46. The molecule has 2 aromatic carbocycles. The molecule has 0 saturated carbocycles. The van der Waals surface area contributed by atoms with Crippen LogP contribution in [0.15, 0.2) is 78.5 Å². The molecule has 0 atom stereocenters. The molecule has 1 aliphatic heterocycles. The van der Waals surface area contributed by atoms with Gasteiger partial charge >= 0.3 is 0 Å². The first kappa shape index (κ1) is 16.2. The number of piperidine rings is 1. The summed E-state index contributed by atoms with van der Waals surface area (Å²) < 4.78 is 2.37. The average molecular weight is 330 g/mol. The minimum atomic E-state index is 1.00. The van der Waals surface area contributed by atoms with E-state index in [4.69, 9.17) is 0 Å². The Hall–Kier alpha value is -2.32. The van der Waals surface area contributed by atoms with Crippen LogP contribution in [0, 0.1) is 0 Å². The summed E-state index contributed by atoms with van der Waals surface area (Å²) in [7, 11) is 0. The normalized spacial score (nSPS) is 15.6. The molecule has 0 radical (unpaired) electrons. The minimum Gasteiger partial charge on any atom is -0.334 e. The van der Waals surface area contributed by atoms with E-state index in [1.807, 2.05) is 0 Å². The van der Waals surface area contributed by atoms with Crippen molar-refractivity contribution in [1.82, 2.24) is 9.47 Å². The lowest BCUT2D eigenvalue weighted by atomic mass is 10.0. The van der Waals surface area contributed by atoms with Gasteiger partial charge in [0.15, 0.2) is 0 Å². The van der Waals surface area contributed by atoms with Crippen LogP contribution in [0.2, 0.25) is 0 Å². The number of fused-ring (bicyclic) bond motifs is 1. The number of benzene rings is 2. The van der Waals surface area contributed by atoms with Crippen LogP contribution in [0.3, 0.4) is 0 Å². The predicted octanol–water partition coefficient (Wildman–Crippen LogP) is 5.25. The van der Waals surface area contributed by atoms with Gasteiger partial charge in [0.2, 0.25) is 0 Å². The van der Waals surface area contributed by atoms with Crippen molar-refractivity contribution in [3.8, 4) is 0 Å². The molecule has 0 aliphatic carbocycles. The summed E-state index contributed by atoms with van der Waals surface area (Å²) >= 11 is 0. The third-order valence-electron chi connectivity index (χ3n) is 5.24. The van der Waals surface area contributed by atoms with E-state index in [-0.39, 0.29) is 0 Å². The van der Waals surface area contributed by atoms with E-state index in [0.29, 0.717) is 0 Å². The molecule has 25 heavy (non-hydrogen) atoms. The van der Waals surface area contributed by atoms with Crippen molar-refractivity contribution in [1.29, 1.82) is 0 Å². The molecule has 0 N–H and O–H groups in total. The maximum absolute atomic E-state index is 2.57. The number of hydrogen-bond donors (Lipinski definition) is 0. The quantitative estimate of drug-likeness (QED) is 0.580. The summed E-state index contributed by atoms with van der Waals surface area (Å²) in [5.41, 5.74) is 4.42. The molecule has 0 spiro atoms. The third kappa shape index (κ3) is 4.02. The molecule has 128 valence electrons. The van der Waals surface area contributed by atoms with Crippen LogP contribution < -0.4 is 0 Å². The van der Waals surface area contributed by atoms with Crippen LogP contribution >= 0.6 is 0 Å². The van der Waals surface area contributed by atoms with Crippen LogP contribution in [0.25, 0.3) is 10.9 Å². The van der Waals surface area contributed by atoms with Crippen LogP contribution in [-0.4, -0.2) is 22.6 Å². The van der Waals surface area contributed by atoms with Gasteiger partial charge in [0.25, 0.3) is 0 Å². The molecule has 2 nitrogen and oxygen atoms in total. The molecular formula is C23H26N2. The second-order valence-corrected chi connectivity index (χ2v) is 6.99. The van der Waals surface area contributed by atoms with E-state index in [2.05, 4.69) is 82.4 Å². The molecule has 2 heterocycles. The predicted molar refractivity (Wildman–Crippen MR) is 106 cm³/mol. The smallest absolute Gasteiger partial charge is 0.0751 e. The summed E-state index contributed by atoms with van der Waals surface area (Å²) in [5, 5.41) is 1.33. The van der Waals surface area contributed by atoms with E-state index in [1.165, 1.54) is 48.8 Å². The number of aryl methyl sites for hydroxylation is 1. The van der Waals surface area contributed by atoms with Crippen molar-refractivity contribution in [3.05, 3.63) is 84.1 Å². The first-order valence-corrected chi connectivity index (χ1v) is 9.36. The van der Waals surface area contributed by atoms with Gasteiger partial charge in [-0.2, -0.15) is 0 Å². The van der Waals surface area contributed by atoms with Gasteiger partial charge in [-0.25, -0.2) is 0 Å². The number of allylic oxidation sites excluding steroid dienone is 1. The Morgan fingerprint density at radius 1 is 0.840 bits per heavy atom. The van der Waals surface area contributed by atoms with Gasteiger partial charge in [-0.1, -0.05) is 60.2 Å². The SMILES string of the molecule is C(CCc1ccccc1)=C1CCN(Cn2ccc3ccccc32)CC1. The fourth-order valence-electron chi connectivity index (χ4n) is 3.75. The lowest BCUT2D eigenvalue weighted by Gasteiger charge is -2.29. The Bertz CT molecular complexity index is 835. The average Bonchev–Trinajstić information content (AvgIpc) is 3.07. The van der Waals surface area contributed by atoms with Crippen molar-refractivity contribution in [2.24, 2.45) is 0 Å². The zero-order valence-corrected chi connectivity index (χ0v) is 14.8. The van der Waals surface area contributed by atoms with E-state index >= 15 is 0 Å². The standard InChI is InChI=1S/C23H26N2/c1-2-7-20(8-3-1)9-6-10-21-13-16-24(17-14-21)19-25-18-15-22-11-4-5-12-23(22)25/h1-5,7-8,10-12,15,18H,6,9,13-14,16-17,19H2. The van der Waals surface area contributed by atoms with Gasteiger partial charge in [0.05, 0.1) is 6.67 Å². The van der Waals surface area contributed by atoms with Crippen molar-refractivity contribution in [2.45, 2.75) is 32.4 Å². The molecule has 0 bridgehead atoms. The largest absolute Gasteiger partial charge is 0.334 e. The highest BCUT2D eigenvalue weighted by atomic mass is 15.2.